The maximum Gasteiger partial charge on any atom is 0.147 e. The van der Waals surface area contributed by atoms with E-state index in [2.05, 4.69) is 35.5 Å². The van der Waals surface area contributed by atoms with E-state index < -0.39 is 0 Å². The molecule has 1 aromatic rings. The third kappa shape index (κ3) is 1.48. The summed E-state index contributed by atoms with van der Waals surface area (Å²) in [4.78, 5) is 0. The van der Waals surface area contributed by atoms with Gasteiger partial charge in [-0.2, -0.15) is 0 Å². The number of hydrogen-bond acceptors (Lipinski definition) is 3. The monoisotopic (exact) mass is 168 g/mol. The van der Waals surface area contributed by atoms with Gasteiger partial charge in [0.1, 0.15) is 11.6 Å². The lowest BCUT2D eigenvalue weighted by atomic mass is 10.3. The summed E-state index contributed by atoms with van der Waals surface area (Å²) in [6, 6.07) is 0.397. The van der Waals surface area contributed by atoms with Crippen molar-refractivity contribution in [2.75, 3.05) is 0 Å². The molecule has 4 heteroatoms. The van der Waals surface area contributed by atoms with E-state index in [1.54, 1.807) is 0 Å². The third-order valence-corrected chi connectivity index (χ3v) is 1.85. The number of rotatable bonds is 3. The Bertz CT molecular complexity index is 230. The fourth-order valence-corrected chi connectivity index (χ4v) is 1.34. The molecule has 1 rings (SSSR count). The van der Waals surface area contributed by atoms with Gasteiger partial charge in [0.25, 0.3) is 0 Å². The van der Waals surface area contributed by atoms with Crippen molar-refractivity contribution in [2.24, 2.45) is 5.73 Å². The van der Waals surface area contributed by atoms with Crippen LogP contribution in [0.15, 0.2) is 0 Å². The topological polar surface area (TPSA) is 56.7 Å². The molecule has 0 fully saturated rings. The van der Waals surface area contributed by atoms with E-state index in [9.17, 15) is 0 Å². The standard InChI is InChI=1S/C8H16N4/c1-4-7-10-11-8(5-9)12(7)6(2)3/h6H,4-5,9H2,1-3H3. The van der Waals surface area contributed by atoms with Crippen molar-refractivity contribution in [1.82, 2.24) is 14.8 Å². The minimum atomic E-state index is 0.397. The van der Waals surface area contributed by atoms with Gasteiger partial charge in [-0.1, -0.05) is 6.92 Å². The Labute approximate surface area is 72.8 Å². The van der Waals surface area contributed by atoms with Gasteiger partial charge in [0, 0.05) is 12.5 Å². The number of nitrogens with two attached hydrogens (primary N) is 1. The molecule has 0 saturated carbocycles. The Balaban J connectivity index is 3.07. The molecule has 12 heavy (non-hydrogen) atoms. The highest BCUT2D eigenvalue weighted by Gasteiger charge is 2.10. The van der Waals surface area contributed by atoms with Gasteiger partial charge in [-0.25, -0.2) is 0 Å². The molecular weight excluding hydrogens is 152 g/mol. The predicted molar refractivity (Wildman–Crippen MR) is 47.7 cm³/mol. The first-order valence-corrected chi connectivity index (χ1v) is 4.33. The van der Waals surface area contributed by atoms with Crippen LogP contribution in [0.2, 0.25) is 0 Å². The van der Waals surface area contributed by atoms with Gasteiger partial charge in [0.2, 0.25) is 0 Å². The highest BCUT2D eigenvalue weighted by molar-refractivity contribution is 4.97. The van der Waals surface area contributed by atoms with Crippen LogP contribution in [0.3, 0.4) is 0 Å². The zero-order valence-electron chi connectivity index (χ0n) is 7.91. The van der Waals surface area contributed by atoms with Crippen molar-refractivity contribution in [3.63, 3.8) is 0 Å². The third-order valence-electron chi connectivity index (χ3n) is 1.85. The van der Waals surface area contributed by atoms with Crippen molar-refractivity contribution in [2.45, 2.75) is 39.8 Å². The molecule has 0 aliphatic heterocycles. The highest BCUT2D eigenvalue weighted by Crippen LogP contribution is 2.11. The summed E-state index contributed by atoms with van der Waals surface area (Å²) in [5.74, 6) is 1.90. The smallest absolute Gasteiger partial charge is 0.147 e. The molecule has 1 aromatic heterocycles. The second kappa shape index (κ2) is 3.67. The van der Waals surface area contributed by atoms with Crippen LogP contribution in [0.5, 0.6) is 0 Å². The minimum Gasteiger partial charge on any atom is -0.324 e. The van der Waals surface area contributed by atoms with Crippen LogP contribution >= 0.6 is 0 Å². The lowest BCUT2D eigenvalue weighted by Gasteiger charge is -2.11. The molecule has 0 saturated heterocycles. The second-order valence-corrected chi connectivity index (χ2v) is 3.05. The summed E-state index contributed by atoms with van der Waals surface area (Å²) in [5, 5.41) is 8.07. The van der Waals surface area contributed by atoms with Crippen LogP contribution in [-0.4, -0.2) is 14.8 Å². The Hall–Kier alpha value is -0.900. The Morgan fingerprint density at radius 2 is 1.92 bits per heavy atom. The Kier molecular flexibility index (Phi) is 2.81. The molecule has 0 spiro atoms. The van der Waals surface area contributed by atoms with Crippen LogP contribution in [0.25, 0.3) is 0 Å². The van der Waals surface area contributed by atoms with Crippen LogP contribution in [0.4, 0.5) is 0 Å². The number of hydrogen-bond donors (Lipinski definition) is 1. The summed E-state index contributed by atoms with van der Waals surface area (Å²) in [5.41, 5.74) is 5.53. The molecule has 0 atom stereocenters. The molecule has 0 bridgehead atoms. The van der Waals surface area contributed by atoms with E-state index in [0.29, 0.717) is 12.6 Å². The summed E-state index contributed by atoms with van der Waals surface area (Å²) < 4.78 is 2.10. The quantitative estimate of drug-likeness (QED) is 0.729. The molecule has 0 aromatic carbocycles. The zero-order chi connectivity index (χ0) is 9.14. The molecule has 4 nitrogen and oxygen atoms in total. The van der Waals surface area contributed by atoms with Crippen LogP contribution in [0.1, 0.15) is 38.5 Å². The van der Waals surface area contributed by atoms with Crippen molar-refractivity contribution < 1.29 is 0 Å². The van der Waals surface area contributed by atoms with Crippen molar-refractivity contribution >= 4 is 0 Å². The molecule has 0 aliphatic rings. The van der Waals surface area contributed by atoms with E-state index in [-0.39, 0.29) is 0 Å². The van der Waals surface area contributed by atoms with Gasteiger partial charge in [0.15, 0.2) is 0 Å². The lowest BCUT2D eigenvalue weighted by molar-refractivity contribution is 0.546. The Morgan fingerprint density at radius 1 is 1.33 bits per heavy atom. The Morgan fingerprint density at radius 3 is 2.33 bits per heavy atom. The van der Waals surface area contributed by atoms with E-state index >= 15 is 0 Å². The van der Waals surface area contributed by atoms with E-state index in [1.807, 2.05) is 0 Å². The predicted octanol–water partition coefficient (Wildman–Crippen LogP) is 0.880. The largest absolute Gasteiger partial charge is 0.324 e. The lowest BCUT2D eigenvalue weighted by Crippen LogP contribution is -2.12. The van der Waals surface area contributed by atoms with Crippen molar-refractivity contribution in [1.29, 1.82) is 0 Å². The first-order chi connectivity index (χ1) is 5.70. The second-order valence-electron chi connectivity index (χ2n) is 3.05. The minimum absolute atomic E-state index is 0.397. The molecule has 0 unspecified atom stereocenters. The summed E-state index contributed by atoms with van der Waals surface area (Å²) in [6.45, 7) is 6.76. The normalized spacial score (nSPS) is 11.1. The van der Waals surface area contributed by atoms with Gasteiger partial charge in [-0.3, -0.25) is 0 Å². The van der Waals surface area contributed by atoms with Crippen LogP contribution in [0, 0.1) is 0 Å². The zero-order valence-corrected chi connectivity index (χ0v) is 7.91. The van der Waals surface area contributed by atoms with Gasteiger partial charge < -0.3 is 10.3 Å². The summed E-state index contributed by atoms with van der Waals surface area (Å²) in [7, 11) is 0. The highest BCUT2D eigenvalue weighted by atomic mass is 15.3. The van der Waals surface area contributed by atoms with E-state index in [0.717, 1.165) is 18.1 Å². The molecule has 2 N–H and O–H groups in total. The first-order valence-electron chi connectivity index (χ1n) is 4.33. The summed E-state index contributed by atoms with van der Waals surface area (Å²) >= 11 is 0. The van der Waals surface area contributed by atoms with Gasteiger partial charge in [-0.05, 0) is 13.8 Å². The molecular formula is C8H16N4. The number of aromatic nitrogens is 3. The van der Waals surface area contributed by atoms with Crippen molar-refractivity contribution in [3.8, 4) is 0 Å². The maximum atomic E-state index is 5.53. The molecule has 0 aliphatic carbocycles. The number of aryl methyl sites for hydroxylation is 1. The van der Waals surface area contributed by atoms with Crippen LogP contribution in [-0.2, 0) is 13.0 Å². The van der Waals surface area contributed by atoms with Gasteiger partial charge in [-0.15, -0.1) is 10.2 Å². The molecule has 0 amide bonds. The maximum absolute atomic E-state index is 5.53. The van der Waals surface area contributed by atoms with Gasteiger partial charge in [0.05, 0.1) is 6.54 Å². The van der Waals surface area contributed by atoms with Crippen molar-refractivity contribution in [3.05, 3.63) is 11.6 Å². The molecule has 0 radical (unpaired) electrons. The summed E-state index contributed by atoms with van der Waals surface area (Å²) in [6.07, 6.45) is 0.908. The number of nitrogens with zero attached hydrogens (tertiary/aromatic N) is 3. The van der Waals surface area contributed by atoms with Crippen LogP contribution < -0.4 is 5.73 Å². The van der Waals surface area contributed by atoms with Gasteiger partial charge >= 0.3 is 0 Å². The van der Waals surface area contributed by atoms with E-state index in [4.69, 9.17) is 5.73 Å². The average molecular weight is 168 g/mol. The molecule has 1 heterocycles. The molecule has 68 valence electrons. The van der Waals surface area contributed by atoms with E-state index in [1.165, 1.54) is 0 Å². The first kappa shape index (κ1) is 9.19. The fraction of sp³-hybridized carbons (Fsp3) is 0.750. The fourth-order valence-electron chi connectivity index (χ4n) is 1.34. The average Bonchev–Trinajstić information content (AvgIpc) is 2.46. The SMILES string of the molecule is CCc1nnc(CN)n1C(C)C.